The highest BCUT2D eigenvalue weighted by molar-refractivity contribution is 5.93. The van der Waals surface area contributed by atoms with Gasteiger partial charge in [0, 0.05) is 13.0 Å². The molecule has 11 nitrogen and oxygen atoms in total. The Morgan fingerprint density at radius 1 is 1.10 bits per heavy atom. The number of carbonyl (C=O) groups is 4. The Bertz CT molecular complexity index is 1190. The molecule has 2 unspecified atom stereocenters. The SMILES string of the molecule is C=Cc1cccc(C(C(=O)NCC(=O)OC)N(CCO)C(=O)C(Cc2ccc(O)cc2)NC(=O)OC(C)(C)C)c1. The van der Waals surface area contributed by atoms with Gasteiger partial charge in [-0.2, -0.15) is 0 Å². The number of carbonyl (C=O) groups excluding carboxylic acids is 4. The van der Waals surface area contributed by atoms with E-state index < -0.39 is 54.7 Å². The van der Waals surface area contributed by atoms with Crippen molar-refractivity contribution in [3.63, 3.8) is 0 Å². The van der Waals surface area contributed by atoms with Gasteiger partial charge in [0.05, 0.1) is 13.7 Å². The van der Waals surface area contributed by atoms with E-state index in [0.29, 0.717) is 16.7 Å². The van der Waals surface area contributed by atoms with Crippen molar-refractivity contribution in [3.8, 4) is 5.75 Å². The number of methoxy groups -OCH3 is 1. The van der Waals surface area contributed by atoms with Crippen LogP contribution in [0.25, 0.3) is 6.08 Å². The van der Waals surface area contributed by atoms with Crippen LogP contribution in [0.2, 0.25) is 0 Å². The molecule has 0 saturated heterocycles. The molecule has 2 aromatic rings. The van der Waals surface area contributed by atoms with Gasteiger partial charge in [0.25, 0.3) is 0 Å². The van der Waals surface area contributed by atoms with E-state index in [1.165, 1.54) is 19.2 Å². The Balaban J connectivity index is 2.54. The predicted octanol–water partition coefficient (Wildman–Crippen LogP) is 2.32. The summed E-state index contributed by atoms with van der Waals surface area (Å²) in [7, 11) is 1.18. The number of ether oxygens (including phenoxy) is 2. The van der Waals surface area contributed by atoms with Crippen molar-refractivity contribution in [2.24, 2.45) is 0 Å². The first-order chi connectivity index (χ1) is 18.9. The quantitative estimate of drug-likeness (QED) is 0.291. The number of amides is 3. The van der Waals surface area contributed by atoms with Crippen LogP contribution in [0.15, 0.2) is 55.1 Å². The first kappa shape index (κ1) is 31.8. The lowest BCUT2D eigenvalue weighted by molar-refractivity contribution is -0.145. The normalized spacial score (nSPS) is 12.4. The number of aliphatic hydroxyl groups excluding tert-OH is 1. The number of aliphatic hydroxyl groups is 1. The average Bonchev–Trinajstić information content (AvgIpc) is 2.90. The fourth-order valence-electron chi connectivity index (χ4n) is 3.85. The molecule has 0 heterocycles. The summed E-state index contributed by atoms with van der Waals surface area (Å²) < 4.78 is 9.97. The number of hydrogen-bond acceptors (Lipinski definition) is 8. The summed E-state index contributed by atoms with van der Waals surface area (Å²) in [6, 6.07) is 10.3. The van der Waals surface area contributed by atoms with E-state index in [1.807, 2.05) is 0 Å². The van der Waals surface area contributed by atoms with Crippen molar-refractivity contribution < 1.29 is 38.9 Å². The molecule has 0 aliphatic heterocycles. The summed E-state index contributed by atoms with van der Waals surface area (Å²) in [6.07, 6.45) is 0.709. The average molecular weight is 556 g/mol. The molecule has 3 amide bonds. The Morgan fingerprint density at radius 2 is 1.77 bits per heavy atom. The van der Waals surface area contributed by atoms with Gasteiger partial charge >= 0.3 is 12.1 Å². The van der Waals surface area contributed by atoms with Gasteiger partial charge in [0.15, 0.2) is 0 Å². The zero-order valence-corrected chi connectivity index (χ0v) is 23.2. The van der Waals surface area contributed by atoms with Crippen molar-refractivity contribution in [3.05, 3.63) is 71.8 Å². The lowest BCUT2D eigenvalue weighted by atomic mass is 9.99. The van der Waals surface area contributed by atoms with Crippen molar-refractivity contribution in [1.82, 2.24) is 15.5 Å². The van der Waals surface area contributed by atoms with Gasteiger partial charge in [-0.1, -0.05) is 43.0 Å². The topological polar surface area (TPSA) is 154 Å². The summed E-state index contributed by atoms with van der Waals surface area (Å²) >= 11 is 0. The molecule has 0 aliphatic carbocycles. The first-order valence-electron chi connectivity index (χ1n) is 12.6. The molecule has 0 spiro atoms. The standard InChI is InChI=1S/C29H37N3O8/c1-6-19-8-7-9-21(16-19)25(26(36)30-18-24(35)39-5)32(14-15-33)27(37)23(31-28(38)40-29(2,3)4)17-20-10-12-22(34)13-11-20/h6-13,16,23,25,33-34H,1,14-15,17-18H2,2-5H3,(H,30,36)(H,31,38). The third-order valence-corrected chi connectivity index (χ3v) is 5.65. The molecule has 0 bridgehead atoms. The highest BCUT2D eigenvalue weighted by Crippen LogP contribution is 2.25. The summed E-state index contributed by atoms with van der Waals surface area (Å²) in [4.78, 5) is 53.1. The summed E-state index contributed by atoms with van der Waals surface area (Å²) in [5.74, 6) is -2.05. The van der Waals surface area contributed by atoms with Crippen LogP contribution in [0.5, 0.6) is 5.75 Å². The van der Waals surface area contributed by atoms with Gasteiger partial charge in [0.2, 0.25) is 11.8 Å². The molecule has 0 fully saturated rings. The van der Waals surface area contributed by atoms with Crippen LogP contribution in [-0.4, -0.2) is 77.4 Å². The van der Waals surface area contributed by atoms with E-state index >= 15 is 0 Å². The first-order valence-corrected chi connectivity index (χ1v) is 12.6. The summed E-state index contributed by atoms with van der Waals surface area (Å²) in [6.45, 7) is 7.57. The number of alkyl carbamates (subject to hydrolysis) is 1. The maximum absolute atomic E-state index is 14.1. The highest BCUT2D eigenvalue weighted by atomic mass is 16.6. The van der Waals surface area contributed by atoms with E-state index in [2.05, 4.69) is 21.9 Å². The number of hydrogen-bond donors (Lipinski definition) is 4. The van der Waals surface area contributed by atoms with Gasteiger partial charge in [0.1, 0.15) is 30.0 Å². The van der Waals surface area contributed by atoms with Crippen molar-refractivity contribution in [2.75, 3.05) is 26.8 Å². The molecule has 2 atom stereocenters. The third-order valence-electron chi connectivity index (χ3n) is 5.65. The van der Waals surface area contributed by atoms with Crippen LogP contribution >= 0.6 is 0 Å². The van der Waals surface area contributed by atoms with Crippen molar-refractivity contribution >= 4 is 30.0 Å². The molecule has 40 heavy (non-hydrogen) atoms. The highest BCUT2D eigenvalue weighted by Gasteiger charge is 2.36. The lowest BCUT2D eigenvalue weighted by Crippen LogP contribution is -2.54. The van der Waals surface area contributed by atoms with Crippen molar-refractivity contribution in [1.29, 1.82) is 0 Å². The van der Waals surface area contributed by atoms with Gasteiger partial charge in [-0.15, -0.1) is 0 Å². The number of nitrogens with one attached hydrogen (secondary N) is 2. The number of phenols is 1. The smallest absolute Gasteiger partial charge is 0.408 e. The van der Waals surface area contributed by atoms with Gasteiger partial charge < -0.3 is 35.2 Å². The minimum absolute atomic E-state index is 0.0104. The van der Waals surface area contributed by atoms with Crippen LogP contribution < -0.4 is 10.6 Å². The fourth-order valence-corrected chi connectivity index (χ4v) is 3.85. The molecule has 11 heteroatoms. The van der Waals surface area contributed by atoms with Crippen LogP contribution in [0.4, 0.5) is 4.79 Å². The van der Waals surface area contributed by atoms with Gasteiger partial charge in [-0.25, -0.2) is 4.79 Å². The fraction of sp³-hybridized carbons (Fsp3) is 0.379. The van der Waals surface area contributed by atoms with Crippen LogP contribution in [-0.2, 0) is 30.3 Å². The molecular formula is C29H37N3O8. The van der Waals surface area contributed by atoms with E-state index in [-0.39, 0.29) is 18.7 Å². The number of esters is 1. The van der Waals surface area contributed by atoms with E-state index in [1.54, 1.807) is 63.2 Å². The maximum atomic E-state index is 14.1. The second-order valence-corrected chi connectivity index (χ2v) is 9.90. The Kier molecular flexibility index (Phi) is 11.7. The molecule has 0 saturated carbocycles. The van der Waals surface area contributed by atoms with Gasteiger partial charge in [-0.05, 0) is 55.7 Å². The zero-order valence-electron chi connectivity index (χ0n) is 23.2. The second kappa shape index (κ2) is 14.7. The van der Waals surface area contributed by atoms with Gasteiger partial charge in [-0.3, -0.25) is 14.4 Å². The number of aromatic hydroxyl groups is 1. The Labute approximate surface area is 233 Å². The van der Waals surface area contributed by atoms with E-state index in [9.17, 15) is 29.4 Å². The second-order valence-electron chi connectivity index (χ2n) is 9.90. The van der Waals surface area contributed by atoms with Crippen LogP contribution in [0, 0.1) is 0 Å². The summed E-state index contributed by atoms with van der Waals surface area (Å²) in [5.41, 5.74) is 0.827. The van der Waals surface area contributed by atoms with Crippen molar-refractivity contribution in [2.45, 2.75) is 44.9 Å². The number of benzene rings is 2. The van der Waals surface area contributed by atoms with Crippen LogP contribution in [0.1, 0.15) is 43.5 Å². The number of phenolic OH excluding ortho intramolecular Hbond substituents is 1. The number of rotatable bonds is 12. The molecule has 4 N–H and O–H groups in total. The summed E-state index contributed by atoms with van der Waals surface area (Å²) in [5, 5.41) is 24.6. The largest absolute Gasteiger partial charge is 0.508 e. The minimum atomic E-state index is -1.29. The maximum Gasteiger partial charge on any atom is 0.408 e. The van der Waals surface area contributed by atoms with E-state index in [0.717, 1.165) is 4.90 Å². The molecule has 216 valence electrons. The molecule has 0 radical (unpaired) electrons. The molecule has 0 aromatic heterocycles. The Morgan fingerprint density at radius 3 is 2.35 bits per heavy atom. The van der Waals surface area contributed by atoms with E-state index in [4.69, 9.17) is 4.74 Å². The monoisotopic (exact) mass is 555 g/mol. The molecule has 2 rings (SSSR count). The number of nitrogens with zero attached hydrogens (tertiary/aromatic N) is 1. The third kappa shape index (κ3) is 9.73. The predicted molar refractivity (Wildman–Crippen MR) is 148 cm³/mol. The van der Waals surface area contributed by atoms with Crippen LogP contribution in [0.3, 0.4) is 0 Å². The minimum Gasteiger partial charge on any atom is -0.508 e. The zero-order chi connectivity index (χ0) is 29.9. The molecule has 2 aromatic carbocycles. The Hall–Kier alpha value is -4.38. The lowest BCUT2D eigenvalue weighted by Gasteiger charge is -2.34. The molecular weight excluding hydrogens is 518 g/mol. The molecule has 0 aliphatic rings.